The van der Waals surface area contributed by atoms with Gasteiger partial charge in [0.1, 0.15) is 0 Å². The Kier molecular flexibility index (Phi) is 3.56. The number of aromatic nitrogens is 2. The molecule has 5 nitrogen and oxygen atoms in total. The lowest BCUT2D eigenvalue weighted by Gasteiger charge is -2.05. The molecular weight excluding hydrogens is 203 g/mol. The highest BCUT2D eigenvalue weighted by atomic mass is 19.2. The van der Waals surface area contributed by atoms with Crippen molar-refractivity contribution in [3.05, 3.63) is 45.3 Å². The van der Waals surface area contributed by atoms with Crippen molar-refractivity contribution in [2.24, 2.45) is 0 Å². The number of hydrogen-bond acceptors (Lipinski definition) is 3. The highest BCUT2D eigenvalue weighted by Crippen LogP contribution is 1.97. The summed E-state index contributed by atoms with van der Waals surface area (Å²) in [5.74, 6) is 0. The summed E-state index contributed by atoms with van der Waals surface area (Å²) < 4.78 is 13.8. The number of aliphatic hydroxyl groups excluding tert-OH is 1. The first-order valence-electron chi connectivity index (χ1n) is 4.32. The summed E-state index contributed by atoms with van der Waals surface area (Å²) in [7, 11) is 0. The van der Waals surface area contributed by atoms with Crippen LogP contribution in [0.5, 0.6) is 0 Å². The largest absolute Gasteiger partial charge is 0.392 e. The van der Waals surface area contributed by atoms with Crippen LogP contribution >= 0.6 is 0 Å². The van der Waals surface area contributed by atoms with Gasteiger partial charge in [0.2, 0.25) is 0 Å². The Hall–Kier alpha value is -1.69. The summed E-state index contributed by atoms with van der Waals surface area (Å²) in [4.78, 5) is 21.4. The first-order valence-corrected chi connectivity index (χ1v) is 4.32. The van der Waals surface area contributed by atoms with Gasteiger partial charge in [-0.1, -0.05) is 21.4 Å². The maximum Gasteiger partial charge on any atom is 0.359 e. The molecule has 1 N–H and O–H groups in total. The number of nitrogens with zero attached hydrogens (tertiary/aromatic N) is 2. The monoisotopic (exact) mass is 214 g/mol. The van der Waals surface area contributed by atoms with Crippen LogP contribution in [0.2, 0.25) is 0 Å². The van der Waals surface area contributed by atoms with Crippen LogP contribution in [0.1, 0.15) is 6.42 Å². The van der Waals surface area contributed by atoms with Crippen molar-refractivity contribution in [2.45, 2.75) is 13.0 Å². The molecule has 15 heavy (non-hydrogen) atoms. The van der Waals surface area contributed by atoms with Crippen molar-refractivity contribution >= 4 is 0 Å². The van der Waals surface area contributed by atoms with Crippen LogP contribution < -0.4 is 11.2 Å². The average Bonchev–Trinajstić information content (AvgIpc) is 2.24. The van der Waals surface area contributed by atoms with Crippen molar-refractivity contribution in [2.75, 3.05) is 6.61 Å². The van der Waals surface area contributed by atoms with E-state index in [2.05, 4.69) is 6.58 Å². The Morgan fingerprint density at radius 1 is 1.53 bits per heavy atom. The van der Waals surface area contributed by atoms with E-state index < -0.39 is 16.0 Å². The van der Waals surface area contributed by atoms with Gasteiger partial charge in [0.25, 0.3) is 5.56 Å². The molecule has 0 amide bonds. The number of hydrogen-bond donors (Lipinski definition) is 1. The van der Waals surface area contributed by atoms with Crippen LogP contribution in [0, 0.1) is 0 Å². The fourth-order valence-electron chi connectivity index (χ4n) is 1.02. The second-order valence-corrected chi connectivity index (χ2v) is 3.07. The molecule has 82 valence electrons. The zero-order chi connectivity index (χ0) is 11.4. The van der Waals surface area contributed by atoms with Crippen molar-refractivity contribution < 1.29 is 9.59 Å². The number of halogens is 1. The topological polar surface area (TPSA) is 64.2 Å². The van der Waals surface area contributed by atoms with E-state index in [0.29, 0.717) is 12.0 Å². The molecule has 0 spiro atoms. The molecule has 0 atom stereocenters. The summed E-state index contributed by atoms with van der Waals surface area (Å²) in [6.07, 6.45) is 1.57. The van der Waals surface area contributed by atoms with Gasteiger partial charge in [0, 0.05) is 18.8 Å². The normalized spacial score (nSPS) is 10.3. The molecule has 0 bridgehead atoms. The van der Waals surface area contributed by atoms with Crippen molar-refractivity contribution in [3.63, 3.8) is 0 Å². The SMILES string of the molecule is C=C(CO)CCn1ccc(=O)n(F)c1=O. The summed E-state index contributed by atoms with van der Waals surface area (Å²) >= 11 is 0. The Balaban J connectivity index is 2.88. The quantitative estimate of drug-likeness (QED) is 0.699. The Morgan fingerprint density at radius 2 is 2.20 bits per heavy atom. The van der Waals surface area contributed by atoms with Gasteiger partial charge in [0.05, 0.1) is 6.61 Å². The van der Waals surface area contributed by atoms with Gasteiger partial charge in [-0.15, -0.1) is 0 Å². The number of aryl methyl sites for hydroxylation is 1. The van der Waals surface area contributed by atoms with Crippen LogP contribution in [0.3, 0.4) is 0 Å². The fraction of sp³-hybridized carbons (Fsp3) is 0.333. The molecule has 0 aliphatic heterocycles. The Morgan fingerprint density at radius 3 is 2.80 bits per heavy atom. The van der Waals surface area contributed by atoms with Gasteiger partial charge >= 0.3 is 5.69 Å². The van der Waals surface area contributed by atoms with Gasteiger partial charge < -0.3 is 5.11 Å². The second-order valence-electron chi connectivity index (χ2n) is 3.07. The van der Waals surface area contributed by atoms with E-state index in [1.807, 2.05) is 0 Å². The third-order valence-corrected chi connectivity index (χ3v) is 1.93. The van der Waals surface area contributed by atoms with E-state index in [1.165, 1.54) is 6.20 Å². The highest BCUT2D eigenvalue weighted by molar-refractivity contribution is 4.94. The molecule has 1 aromatic heterocycles. The first-order chi connectivity index (χ1) is 7.06. The molecule has 0 aliphatic carbocycles. The van der Waals surface area contributed by atoms with Gasteiger partial charge in [-0.3, -0.25) is 9.36 Å². The van der Waals surface area contributed by atoms with Gasteiger partial charge in [-0.05, 0) is 6.42 Å². The van der Waals surface area contributed by atoms with E-state index in [1.54, 1.807) is 0 Å². The summed E-state index contributed by atoms with van der Waals surface area (Å²) in [5, 5.41) is 8.66. The minimum atomic E-state index is -1.02. The Bertz CT molecular complexity index is 475. The lowest BCUT2D eigenvalue weighted by molar-refractivity contribution is 0.311. The van der Waals surface area contributed by atoms with Gasteiger partial charge in [-0.25, -0.2) is 4.79 Å². The number of rotatable bonds is 4. The van der Waals surface area contributed by atoms with Crippen molar-refractivity contribution in [1.82, 2.24) is 9.36 Å². The molecule has 0 unspecified atom stereocenters. The third kappa shape index (κ3) is 2.63. The molecule has 0 aromatic carbocycles. The molecule has 0 saturated heterocycles. The molecule has 1 rings (SSSR count). The minimum absolute atomic E-state index is 0.177. The molecular formula is C9H11FN2O3. The predicted octanol–water partition coefficient (Wildman–Crippen LogP) is -0.319. The van der Waals surface area contributed by atoms with E-state index in [9.17, 15) is 14.1 Å². The zero-order valence-electron chi connectivity index (χ0n) is 8.02. The van der Waals surface area contributed by atoms with E-state index in [0.717, 1.165) is 10.6 Å². The molecule has 1 heterocycles. The van der Waals surface area contributed by atoms with Crippen molar-refractivity contribution in [1.29, 1.82) is 0 Å². The lowest BCUT2D eigenvalue weighted by Crippen LogP contribution is -2.35. The standard InChI is InChI=1S/C9H11FN2O3/c1-7(6-13)2-4-11-5-3-8(14)12(10)9(11)15/h3,5,13H,1-2,4,6H2. The minimum Gasteiger partial charge on any atom is -0.392 e. The maximum absolute atomic E-state index is 12.8. The molecule has 6 heteroatoms. The van der Waals surface area contributed by atoms with Gasteiger partial charge in [0.15, 0.2) is 0 Å². The zero-order valence-corrected chi connectivity index (χ0v) is 8.02. The summed E-state index contributed by atoms with van der Waals surface area (Å²) in [6.45, 7) is 3.54. The third-order valence-electron chi connectivity index (χ3n) is 1.93. The van der Waals surface area contributed by atoms with Crippen LogP contribution in [-0.2, 0) is 6.54 Å². The molecule has 0 fully saturated rings. The van der Waals surface area contributed by atoms with Gasteiger partial charge in [-0.2, -0.15) is 0 Å². The summed E-state index contributed by atoms with van der Waals surface area (Å²) in [5.41, 5.74) is -1.47. The molecule has 1 aromatic rings. The first kappa shape index (κ1) is 11.4. The second kappa shape index (κ2) is 4.70. The smallest absolute Gasteiger partial charge is 0.359 e. The van der Waals surface area contributed by atoms with Crippen LogP contribution in [0.15, 0.2) is 34.0 Å². The predicted molar refractivity (Wildman–Crippen MR) is 52.3 cm³/mol. The van der Waals surface area contributed by atoms with Crippen LogP contribution in [-0.4, -0.2) is 21.1 Å². The van der Waals surface area contributed by atoms with E-state index in [4.69, 9.17) is 5.11 Å². The average molecular weight is 214 g/mol. The fourth-order valence-corrected chi connectivity index (χ4v) is 1.02. The molecule has 0 radical (unpaired) electrons. The maximum atomic E-state index is 12.8. The summed E-state index contributed by atoms with van der Waals surface area (Å²) in [6, 6.07) is 0.961. The van der Waals surface area contributed by atoms with E-state index in [-0.39, 0.29) is 13.2 Å². The molecule has 0 saturated carbocycles. The van der Waals surface area contributed by atoms with Crippen LogP contribution in [0.25, 0.3) is 0 Å². The van der Waals surface area contributed by atoms with Crippen LogP contribution in [0.4, 0.5) is 4.48 Å². The van der Waals surface area contributed by atoms with E-state index >= 15 is 0 Å². The Labute approximate surface area is 84.6 Å². The van der Waals surface area contributed by atoms with Crippen molar-refractivity contribution in [3.8, 4) is 0 Å². The highest BCUT2D eigenvalue weighted by Gasteiger charge is 2.03. The molecule has 0 aliphatic rings. The number of aliphatic hydroxyl groups is 1. The lowest BCUT2D eigenvalue weighted by atomic mass is 10.2.